The van der Waals surface area contributed by atoms with Gasteiger partial charge in [0.05, 0.1) is 36.8 Å². The minimum atomic E-state index is -0.938. The van der Waals surface area contributed by atoms with Crippen molar-refractivity contribution in [2.75, 3.05) is 19.0 Å². The molecule has 0 radical (unpaired) electrons. The summed E-state index contributed by atoms with van der Waals surface area (Å²) in [6, 6.07) is 12.8. The molecule has 1 heterocycles. The fourth-order valence-electron chi connectivity index (χ4n) is 2.68. The number of ether oxygens (including phenoxy) is 2. The highest BCUT2D eigenvalue weighted by molar-refractivity contribution is 6.36. The number of nitrogens with one attached hydrogen (secondary N) is 3. The molecule has 0 unspecified atom stereocenters. The van der Waals surface area contributed by atoms with Crippen molar-refractivity contribution in [3.8, 4) is 11.5 Å². The number of benzene rings is 2. The molecule has 10 nitrogen and oxygen atoms in total. The summed E-state index contributed by atoms with van der Waals surface area (Å²) in [6.07, 6.45) is 2.78. The van der Waals surface area contributed by atoms with E-state index < -0.39 is 17.7 Å². The Labute approximate surface area is 210 Å². The number of anilines is 1. The molecule has 12 heteroatoms. The van der Waals surface area contributed by atoms with E-state index in [4.69, 9.17) is 37.1 Å². The molecule has 1 aromatic heterocycles. The fourth-order valence-corrected chi connectivity index (χ4v) is 3.14. The van der Waals surface area contributed by atoms with E-state index in [1.165, 1.54) is 25.7 Å². The summed E-state index contributed by atoms with van der Waals surface area (Å²) in [5.74, 6) is -1.09. The van der Waals surface area contributed by atoms with Crippen molar-refractivity contribution in [1.29, 1.82) is 0 Å². The number of halogens is 2. The monoisotopic (exact) mass is 518 g/mol. The van der Waals surface area contributed by atoms with Crippen molar-refractivity contribution in [2.45, 2.75) is 6.54 Å². The van der Waals surface area contributed by atoms with Crippen LogP contribution in [-0.4, -0.2) is 37.7 Å². The molecule has 0 saturated heterocycles. The minimum Gasteiger partial charge on any atom is -0.493 e. The molecule has 0 saturated carbocycles. The summed E-state index contributed by atoms with van der Waals surface area (Å²) >= 11 is 11.9. The Hall–Kier alpha value is -4.02. The van der Waals surface area contributed by atoms with Crippen molar-refractivity contribution in [1.82, 2.24) is 10.7 Å². The van der Waals surface area contributed by atoms with Crippen LogP contribution in [0.5, 0.6) is 11.5 Å². The summed E-state index contributed by atoms with van der Waals surface area (Å²) < 4.78 is 15.9. The van der Waals surface area contributed by atoms with Gasteiger partial charge in [-0.05, 0) is 54.1 Å². The molecule has 3 rings (SSSR count). The van der Waals surface area contributed by atoms with E-state index in [2.05, 4.69) is 21.2 Å². The van der Waals surface area contributed by atoms with Crippen LogP contribution < -0.4 is 25.5 Å². The molecule has 182 valence electrons. The van der Waals surface area contributed by atoms with Gasteiger partial charge in [0.2, 0.25) is 0 Å². The maximum atomic E-state index is 12.2. The molecule has 0 aliphatic heterocycles. The molecule has 0 aliphatic rings. The Morgan fingerprint density at radius 1 is 1.06 bits per heavy atom. The lowest BCUT2D eigenvalue weighted by Gasteiger charge is -2.12. The lowest BCUT2D eigenvalue weighted by molar-refractivity contribution is -0.139. The molecule has 0 spiro atoms. The summed E-state index contributed by atoms with van der Waals surface area (Å²) in [6.45, 7) is -0.224. The van der Waals surface area contributed by atoms with Crippen molar-refractivity contribution in [2.24, 2.45) is 5.10 Å². The second-order valence-corrected chi connectivity index (χ2v) is 7.68. The highest BCUT2D eigenvalue weighted by Crippen LogP contribution is 2.28. The standard InChI is InChI=1S/C23H20Cl2N4O6/c1-33-20-9-14(11-27-29-23(32)22(31)26-12-16-3-2-8-34-16)4-7-19(20)35-13-21(30)28-18-6-5-15(24)10-17(18)25/h2-11H,12-13H2,1H3,(H,26,31)(H,28,30)(H,29,32)/b27-11-. The van der Waals surface area contributed by atoms with E-state index in [-0.39, 0.29) is 13.2 Å². The number of amides is 3. The first-order valence-corrected chi connectivity index (χ1v) is 10.8. The smallest absolute Gasteiger partial charge is 0.329 e. The van der Waals surface area contributed by atoms with E-state index in [0.717, 1.165) is 0 Å². The Bertz CT molecular complexity index is 1230. The quantitative estimate of drug-likeness (QED) is 0.226. The fraction of sp³-hybridized carbons (Fsp3) is 0.130. The minimum absolute atomic E-state index is 0.0758. The van der Waals surface area contributed by atoms with Crippen molar-refractivity contribution < 1.29 is 28.3 Å². The number of carbonyl (C=O) groups is 3. The van der Waals surface area contributed by atoms with Crippen LogP contribution in [0.25, 0.3) is 0 Å². The third-order valence-corrected chi connectivity index (χ3v) is 4.89. The molecule has 0 bridgehead atoms. The van der Waals surface area contributed by atoms with Gasteiger partial charge in [-0.15, -0.1) is 0 Å². The molecule has 0 aliphatic carbocycles. The predicted molar refractivity (Wildman–Crippen MR) is 130 cm³/mol. The van der Waals surface area contributed by atoms with Crippen LogP contribution in [0.2, 0.25) is 10.0 Å². The number of hydrazone groups is 1. The molecular formula is C23H20Cl2N4O6. The summed E-state index contributed by atoms with van der Waals surface area (Å²) in [7, 11) is 1.43. The number of nitrogens with zero attached hydrogens (tertiary/aromatic N) is 1. The van der Waals surface area contributed by atoms with E-state index >= 15 is 0 Å². The summed E-state index contributed by atoms with van der Waals surface area (Å²) in [4.78, 5) is 35.8. The number of furan rings is 1. The van der Waals surface area contributed by atoms with E-state index in [9.17, 15) is 14.4 Å². The lowest BCUT2D eigenvalue weighted by atomic mass is 10.2. The zero-order valence-corrected chi connectivity index (χ0v) is 19.9. The lowest BCUT2D eigenvalue weighted by Crippen LogP contribution is -2.37. The second-order valence-electron chi connectivity index (χ2n) is 6.83. The first kappa shape index (κ1) is 25.6. The van der Waals surface area contributed by atoms with E-state index in [1.54, 1.807) is 42.5 Å². The molecule has 0 fully saturated rings. The van der Waals surface area contributed by atoms with Crippen LogP contribution in [0, 0.1) is 0 Å². The van der Waals surface area contributed by atoms with E-state index in [0.29, 0.717) is 38.6 Å². The number of carbonyl (C=O) groups excluding carboxylic acids is 3. The number of rotatable bonds is 9. The Morgan fingerprint density at radius 2 is 1.89 bits per heavy atom. The van der Waals surface area contributed by atoms with E-state index in [1.807, 2.05) is 0 Å². The number of hydrogen-bond donors (Lipinski definition) is 3. The zero-order valence-electron chi connectivity index (χ0n) is 18.3. The van der Waals surface area contributed by atoms with Gasteiger partial charge >= 0.3 is 11.8 Å². The topological polar surface area (TPSA) is 131 Å². The molecule has 35 heavy (non-hydrogen) atoms. The third kappa shape index (κ3) is 7.76. The Kier molecular flexibility index (Phi) is 9.10. The summed E-state index contributed by atoms with van der Waals surface area (Å²) in [5.41, 5.74) is 3.08. The van der Waals surface area contributed by atoms with Gasteiger partial charge in [-0.25, -0.2) is 5.43 Å². The largest absolute Gasteiger partial charge is 0.493 e. The van der Waals surface area contributed by atoms with Crippen LogP contribution in [0.15, 0.2) is 64.3 Å². The van der Waals surface area contributed by atoms with Crippen LogP contribution >= 0.6 is 23.2 Å². The zero-order chi connectivity index (χ0) is 25.2. The van der Waals surface area contributed by atoms with Crippen LogP contribution in [0.4, 0.5) is 5.69 Å². The van der Waals surface area contributed by atoms with Crippen molar-refractivity contribution in [3.63, 3.8) is 0 Å². The van der Waals surface area contributed by atoms with Gasteiger partial charge in [0, 0.05) is 5.02 Å². The average Bonchev–Trinajstić information content (AvgIpc) is 3.37. The van der Waals surface area contributed by atoms with Gasteiger partial charge < -0.3 is 24.5 Å². The molecule has 3 amide bonds. The number of hydrogen-bond acceptors (Lipinski definition) is 7. The first-order valence-electron chi connectivity index (χ1n) is 10.0. The molecular weight excluding hydrogens is 499 g/mol. The molecule has 2 aromatic carbocycles. The third-order valence-electron chi connectivity index (χ3n) is 4.34. The van der Waals surface area contributed by atoms with Crippen LogP contribution in [0.1, 0.15) is 11.3 Å². The normalized spacial score (nSPS) is 10.6. The van der Waals surface area contributed by atoms with Crippen molar-refractivity contribution in [3.05, 3.63) is 76.2 Å². The summed E-state index contributed by atoms with van der Waals surface area (Å²) in [5, 5.41) is 9.54. The highest BCUT2D eigenvalue weighted by atomic mass is 35.5. The Balaban J connectivity index is 1.50. The van der Waals surface area contributed by atoms with Crippen LogP contribution in [-0.2, 0) is 20.9 Å². The second kappa shape index (κ2) is 12.4. The number of methoxy groups -OCH3 is 1. The van der Waals surface area contributed by atoms with Crippen LogP contribution in [0.3, 0.4) is 0 Å². The SMILES string of the molecule is COc1cc(/C=N\NC(=O)C(=O)NCc2ccco2)ccc1OCC(=O)Nc1ccc(Cl)cc1Cl. The van der Waals surface area contributed by atoms with Gasteiger partial charge in [0.25, 0.3) is 5.91 Å². The van der Waals surface area contributed by atoms with Gasteiger partial charge in [-0.1, -0.05) is 23.2 Å². The van der Waals surface area contributed by atoms with Crippen molar-refractivity contribution >= 4 is 52.8 Å². The maximum Gasteiger partial charge on any atom is 0.329 e. The average molecular weight is 519 g/mol. The molecule has 0 atom stereocenters. The molecule has 3 aromatic rings. The van der Waals surface area contributed by atoms with Gasteiger partial charge in [-0.3, -0.25) is 14.4 Å². The predicted octanol–water partition coefficient (Wildman–Crippen LogP) is 3.38. The Morgan fingerprint density at radius 3 is 2.60 bits per heavy atom. The first-order chi connectivity index (χ1) is 16.9. The van der Waals surface area contributed by atoms with Gasteiger partial charge in [0.15, 0.2) is 18.1 Å². The highest BCUT2D eigenvalue weighted by Gasteiger charge is 2.13. The van der Waals surface area contributed by atoms with Gasteiger partial charge in [0.1, 0.15) is 5.76 Å². The molecule has 3 N–H and O–H groups in total. The maximum absolute atomic E-state index is 12.2. The van der Waals surface area contributed by atoms with Gasteiger partial charge in [-0.2, -0.15) is 5.10 Å².